The van der Waals surface area contributed by atoms with E-state index in [1.165, 1.54) is 0 Å². The molecule has 3 rings (SSSR count). The normalized spacial score (nSPS) is 13.7. The lowest BCUT2D eigenvalue weighted by Crippen LogP contribution is -2.36. The summed E-state index contributed by atoms with van der Waals surface area (Å²) in [5.74, 6) is 2.60. The lowest BCUT2D eigenvalue weighted by molar-refractivity contribution is -0.118. The largest absolute Gasteiger partial charge is 0.366 e. The van der Waals surface area contributed by atoms with E-state index in [4.69, 9.17) is 0 Å². The average molecular weight is 476 g/mol. The van der Waals surface area contributed by atoms with Gasteiger partial charge in [0.2, 0.25) is 11.8 Å². The Morgan fingerprint density at radius 2 is 1.60 bits per heavy atom. The van der Waals surface area contributed by atoms with Gasteiger partial charge >= 0.3 is 0 Å². The number of carbonyl (C=O) groups is 2. The number of hydrogen-bond acceptors (Lipinski definition) is 4. The first-order valence-electron chi connectivity index (χ1n) is 12.8. The van der Waals surface area contributed by atoms with Crippen molar-refractivity contribution in [2.45, 2.75) is 64.7 Å². The van der Waals surface area contributed by atoms with Crippen LogP contribution in [0.2, 0.25) is 0 Å². The van der Waals surface area contributed by atoms with Crippen LogP contribution in [0, 0.1) is 0 Å². The number of carbonyl (C=O) groups excluding carboxylic acids is 3. The number of nitrogens with one attached hydrogen (secondary N) is 1. The van der Waals surface area contributed by atoms with E-state index in [0.717, 1.165) is 55.7 Å². The van der Waals surface area contributed by atoms with E-state index in [0.29, 0.717) is 37.4 Å². The molecule has 186 valence electrons. The first-order chi connectivity index (χ1) is 17.1. The second-order valence-electron chi connectivity index (χ2n) is 9.08. The molecule has 1 aliphatic rings. The van der Waals surface area contributed by atoms with Crippen molar-refractivity contribution in [3.8, 4) is 0 Å². The standard InChI is InChI=1S/C29H37N3O3/c1-3-10-28(34)30-27-15-9-8-14-26(27)23-16-19-31(20-17-23)25(22-33)18-21-32(29(35)11-4-2)24-12-6-5-7-13-24/h5-9,12-15,23H,3-4,10-11,16-21H2,1-2H3,(H,30,34). The molecule has 0 unspecified atom stereocenters. The molecule has 1 saturated heterocycles. The molecule has 2 amide bonds. The minimum absolute atomic E-state index is 0.0455. The fourth-order valence-corrected chi connectivity index (χ4v) is 4.71. The van der Waals surface area contributed by atoms with Gasteiger partial charge in [-0.2, -0.15) is 0 Å². The zero-order valence-electron chi connectivity index (χ0n) is 21.0. The number of anilines is 2. The molecule has 0 aliphatic carbocycles. The molecule has 1 aliphatic heterocycles. The highest BCUT2D eigenvalue weighted by Crippen LogP contribution is 2.34. The topological polar surface area (TPSA) is 69.7 Å². The van der Waals surface area contributed by atoms with E-state index in [2.05, 4.69) is 22.2 Å². The lowest BCUT2D eigenvalue weighted by Gasteiger charge is -2.35. The zero-order valence-corrected chi connectivity index (χ0v) is 21.0. The molecule has 35 heavy (non-hydrogen) atoms. The summed E-state index contributed by atoms with van der Waals surface area (Å²) in [6.07, 6.45) is 4.86. The third-order valence-corrected chi connectivity index (χ3v) is 6.55. The molecule has 1 N–H and O–H groups in total. The number of hydrogen-bond donors (Lipinski definition) is 1. The number of likely N-dealkylation sites (tertiary alicyclic amines) is 1. The molecule has 1 fully saturated rings. The minimum Gasteiger partial charge on any atom is -0.366 e. The number of rotatable bonds is 11. The summed E-state index contributed by atoms with van der Waals surface area (Å²) in [5.41, 5.74) is 3.53. The van der Waals surface area contributed by atoms with E-state index in [-0.39, 0.29) is 11.8 Å². The monoisotopic (exact) mass is 475 g/mol. The third kappa shape index (κ3) is 7.30. The fraction of sp³-hybridized carbons (Fsp3) is 0.448. The fourth-order valence-electron chi connectivity index (χ4n) is 4.71. The van der Waals surface area contributed by atoms with Gasteiger partial charge in [-0.05, 0) is 55.4 Å². The number of amides is 2. The Kier molecular flexibility index (Phi) is 10.1. The van der Waals surface area contributed by atoms with Crippen LogP contribution < -0.4 is 10.2 Å². The van der Waals surface area contributed by atoms with Crippen LogP contribution in [0.5, 0.6) is 0 Å². The Balaban J connectivity index is 1.62. The van der Waals surface area contributed by atoms with Crippen LogP contribution in [-0.2, 0) is 14.4 Å². The summed E-state index contributed by atoms with van der Waals surface area (Å²) in [6.45, 7) is 5.95. The van der Waals surface area contributed by atoms with Crippen LogP contribution in [-0.4, -0.2) is 42.3 Å². The van der Waals surface area contributed by atoms with Crippen molar-refractivity contribution in [1.82, 2.24) is 4.90 Å². The highest BCUT2D eigenvalue weighted by Gasteiger charge is 2.25. The summed E-state index contributed by atoms with van der Waals surface area (Å²) in [7, 11) is 0. The molecule has 1 heterocycles. The second kappa shape index (κ2) is 13.5. The van der Waals surface area contributed by atoms with Crippen molar-refractivity contribution in [1.29, 1.82) is 0 Å². The summed E-state index contributed by atoms with van der Waals surface area (Å²) >= 11 is 0. The van der Waals surface area contributed by atoms with Crippen LogP contribution in [0.4, 0.5) is 11.4 Å². The van der Waals surface area contributed by atoms with E-state index in [9.17, 15) is 14.4 Å². The maximum absolute atomic E-state index is 12.7. The number of para-hydroxylation sites is 2. The Morgan fingerprint density at radius 1 is 0.943 bits per heavy atom. The number of nitrogens with zero attached hydrogens (tertiary/aromatic N) is 2. The van der Waals surface area contributed by atoms with Crippen LogP contribution in [0.3, 0.4) is 0 Å². The Bertz CT molecular complexity index is 1020. The Hall–Kier alpha value is -3.37. The van der Waals surface area contributed by atoms with Crippen molar-refractivity contribution in [3.05, 3.63) is 65.9 Å². The molecule has 2 aromatic rings. The molecule has 0 atom stereocenters. The quantitative estimate of drug-likeness (QED) is 0.433. The van der Waals surface area contributed by atoms with Gasteiger partial charge in [-0.25, -0.2) is 4.79 Å². The van der Waals surface area contributed by atoms with Crippen LogP contribution >= 0.6 is 0 Å². The smallest absolute Gasteiger partial charge is 0.226 e. The lowest BCUT2D eigenvalue weighted by atomic mass is 9.88. The maximum atomic E-state index is 12.7. The van der Waals surface area contributed by atoms with E-state index >= 15 is 0 Å². The summed E-state index contributed by atoms with van der Waals surface area (Å²) < 4.78 is 0. The van der Waals surface area contributed by atoms with Gasteiger partial charge in [0.1, 0.15) is 11.6 Å². The van der Waals surface area contributed by atoms with Crippen LogP contribution in [0.15, 0.2) is 60.3 Å². The van der Waals surface area contributed by atoms with Crippen molar-refractivity contribution in [2.24, 2.45) is 0 Å². The highest BCUT2D eigenvalue weighted by atomic mass is 16.2. The zero-order chi connectivity index (χ0) is 25.0. The minimum atomic E-state index is 0.0455. The van der Waals surface area contributed by atoms with E-state index in [1.807, 2.05) is 62.4 Å². The molecule has 0 spiro atoms. The van der Waals surface area contributed by atoms with Crippen LogP contribution in [0.1, 0.15) is 70.3 Å². The van der Waals surface area contributed by atoms with Gasteiger partial charge in [0.15, 0.2) is 0 Å². The third-order valence-electron chi connectivity index (χ3n) is 6.55. The van der Waals surface area contributed by atoms with Crippen molar-refractivity contribution in [3.63, 3.8) is 0 Å². The number of benzene rings is 2. The number of piperidine rings is 1. The average Bonchev–Trinajstić information content (AvgIpc) is 2.88. The predicted octanol–water partition coefficient (Wildman–Crippen LogP) is 5.54. The predicted molar refractivity (Wildman–Crippen MR) is 141 cm³/mol. The van der Waals surface area contributed by atoms with Gasteiger partial charge < -0.3 is 15.1 Å². The molecule has 6 heteroatoms. The summed E-state index contributed by atoms with van der Waals surface area (Å²) in [4.78, 5) is 40.7. The van der Waals surface area contributed by atoms with Gasteiger partial charge in [-0.3, -0.25) is 9.59 Å². The van der Waals surface area contributed by atoms with Crippen molar-refractivity contribution >= 4 is 29.1 Å². The summed E-state index contributed by atoms with van der Waals surface area (Å²) in [5, 5.41) is 3.07. The molecule has 0 radical (unpaired) electrons. The maximum Gasteiger partial charge on any atom is 0.226 e. The van der Waals surface area contributed by atoms with Gasteiger partial charge in [0, 0.05) is 50.3 Å². The van der Waals surface area contributed by atoms with E-state index < -0.39 is 0 Å². The Morgan fingerprint density at radius 3 is 2.26 bits per heavy atom. The van der Waals surface area contributed by atoms with Gasteiger partial charge in [0.25, 0.3) is 0 Å². The molecular formula is C29H37N3O3. The van der Waals surface area contributed by atoms with Gasteiger partial charge in [-0.1, -0.05) is 50.2 Å². The first-order valence-corrected chi connectivity index (χ1v) is 12.8. The Labute approximate surface area is 209 Å². The highest BCUT2D eigenvalue weighted by molar-refractivity contribution is 5.93. The van der Waals surface area contributed by atoms with Crippen molar-refractivity contribution < 1.29 is 14.4 Å². The molecule has 0 aromatic heterocycles. The first kappa shape index (κ1) is 26.2. The van der Waals surface area contributed by atoms with Gasteiger partial charge in [-0.15, -0.1) is 0 Å². The molecule has 0 saturated carbocycles. The second-order valence-corrected chi connectivity index (χ2v) is 9.08. The molecule has 2 aromatic carbocycles. The molecular weight excluding hydrogens is 438 g/mol. The van der Waals surface area contributed by atoms with Crippen LogP contribution in [0.25, 0.3) is 0 Å². The molecule has 6 nitrogen and oxygen atoms in total. The van der Waals surface area contributed by atoms with E-state index in [1.54, 1.807) is 4.90 Å². The van der Waals surface area contributed by atoms with Crippen molar-refractivity contribution in [2.75, 3.05) is 29.9 Å². The molecule has 0 bridgehead atoms. The SMILES string of the molecule is CCCC(=O)Nc1ccccc1C1CCN(C(=C=O)CCN(C(=O)CCC)c2ccccc2)CC1. The van der Waals surface area contributed by atoms with Gasteiger partial charge in [0.05, 0.1) is 0 Å². The summed E-state index contributed by atoms with van der Waals surface area (Å²) in [6, 6.07) is 17.7.